The summed E-state index contributed by atoms with van der Waals surface area (Å²) in [7, 11) is -3.58. The molecule has 1 heterocycles. The van der Waals surface area contributed by atoms with Gasteiger partial charge in [-0.05, 0) is 47.1 Å². The minimum atomic E-state index is -3.58. The number of aryl methyl sites for hydroxylation is 1. The maximum Gasteiger partial charge on any atom is 0.263 e. The lowest BCUT2D eigenvalue weighted by molar-refractivity contribution is 0.601. The van der Waals surface area contributed by atoms with Crippen LogP contribution in [0.3, 0.4) is 0 Å². The van der Waals surface area contributed by atoms with Crippen LogP contribution < -0.4 is 4.72 Å². The van der Waals surface area contributed by atoms with E-state index in [4.69, 9.17) is 0 Å². The Morgan fingerprint density at radius 1 is 1.11 bits per heavy atom. The summed E-state index contributed by atoms with van der Waals surface area (Å²) in [5.74, 6) is 0.282. The smallest absolute Gasteiger partial charge is 0.263 e. The molecule has 0 fully saturated rings. The summed E-state index contributed by atoms with van der Waals surface area (Å²) in [5.41, 5.74) is 1.01. The fourth-order valence-electron chi connectivity index (χ4n) is 1.38. The van der Waals surface area contributed by atoms with Crippen molar-refractivity contribution in [3.05, 3.63) is 52.6 Å². The Hall–Kier alpha value is -1.40. The van der Waals surface area contributed by atoms with E-state index in [1.165, 1.54) is 0 Å². The first-order chi connectivity index (χ1) is 8.47. The second-order valence-corrected chi connectivity index (χ2v) is 6.26. The number of sulfonamides is 1. The summed E-state index contributed by atoms with van der Waals surface area (Å²) in [6, 6.07) is 11.7. The first kappa shape index (κ1) is 13.0. The third-order valence-electron chi connectivity index (χ3n) is 2.29. The molecule has 0 atom stereocenters. The number of halogens is 1. The van der Waals surface area contributed by atoms with E-state index in [0.29, 0.717) is 4.60 Å². The van der Waals surface area contributed by atoms with Crippen LogP contribution in [0.4, 0.5) is 5.82 Å². The number of hydrogen-bond donors (Lipinski definition) is 1. The minimum Gasteiger partial charge on any atom is -0.263 e. The lowest BCUT2D eigenvalue weighted by Gasteiger charge is -2.07. The average Bonchev–Trinajstić information content (AvgIpc) is 2.29. The number of anilines is 1. The molecule has 1 aromatic carbocycles. The van der Waals surface area contributed by atoms with Crippen molar-refractivity contribution in [3.8, 4) is 0 Å². The van der Waals surface area contributed by atoms with Gasteiger partial charge < -0.3 is 0 Å². The van der Waals surface area contributed by atoms with E-state index in [1.807, 2.05) is 6.92 Å². The Morgan fingerprint density at radius 2 is 1.78 bits per heavy atom. The van der Waals surface area contributed by atoms with E-state index in [-0.39, 0.29) is 10.7 Å². The third-order valence-corrected chi connectivity index (χ3v) is 4.10. The second-order valence-electron chi connectivity index (χ2n) is 3.76. The molecule has 0 amide bonds. The van der Waals surface area contributed by atoms with Crippen molar-refractivity contribution in [3.63, 3.8) is 0 Å². The average molecular weight is 327 g/mol. The fraction of sp³-hybridized carbons (Fsp3) is 0.0833. The molecule has 0 aliphatic carbocycles. The maximum absolute atomic E-state index is 12.1. The van der Waals surface area contributed by atoms with E-state index in [1.54, 1.807) is 42.5 Å². The summed E-state index contributed by atoms with van der Waals surface area (Å²) < 4.78 is 27.1. The van der Waals surface area contributed by atoms with Crippen LogP contribution in [0.2, 0.25) is 0 Å². The fourth-order valence-corrected chi connectivity index (χ4v) is 2.72. The number of pyridine rings is 1. The SMILES string of the molecule is Cc1ccc(S(=O)(=O)Nc2cccc(Br)n2)cc1. The first-order valence-corrected chi connectivity index (χ1v) is 7.47. The summed E-state index contributed by atoms with van der Waals surface area (Å²) in [4.78, 5) is 4.25. The highest BCUT2D eigenvalue weighted by Gasteiger charge is 2.14. The van der Waals surface area contributed by atoms with Gasteiger partial charge >= 0.3 is 0 Å². The predicted octanol–water partition coefficient (Wildman–Crippen LogP) is 2.95. The molecule has 0 spiro atoms. The molecule has 2 aromatic rings. The minimum absolute atomic E-state index is 0.217. The van der Waals surface area contributed by atoms with Gasteiger partial charge in [0, 0.05) is 0 Å². The Labute approximate surface area is 114 Å². The lowest BCUT2D eigenvalue weighted by Crippen LogP contribution is -2.13. The van der Waals surface area contributed by atoms with Crippen LogP contribution in [-0.2, 0) is 10.0 Å². The molecule has 0 aliphatic heterocycles. The van der Waals surface area contributed by atoms with Gasteiger partial charge in [0.1, 0.15) is 10.4 Å². The van der Waals surface area contributed by atoms with Gasteiger partial charge in [-0.2, -0.15) is 0 Å². The molecule has 1 N–H and O–H groups in total. The van der Waals surface area contributed by atoms with Crippen molar-refractivity contribution < 1.29 is 8.42 Å². The van der Waals surface area contributed by atoms with Crippen molar-refractivity contribution in [2.45, 2.75) is 11.8 Å². The molecule has 0 saturated carbocycles. The van der Waals surface area contributed by atoms with Crippen molar-refractivity contribution in [1.82, 2.24) is 4.98 Å². The van der Waals surface area contributed by atoms with E-state index >= 15 is 0 Å². The van der Waals surface area contributed by atoms with Gasteiger partial charge in [0.25, 0.3) is 10.0 Å². The van der Waals surface area contributed by atoms with Gasteiger partial charge in [0.2, 0.25) is 0 Å². The molecule has 2 rings (SSSR count). The van der Waals surface area contributed by atoms with Crippen molar-refractivity contribution in [2.75, 3.05) is 4.72 Å². The molecule has 1 aromatic heterocycles. The van der Waals surface area contributed by atoms with Gasteiger partial charge in [-0.3, -0.25) is 4.72 Å². The number of rotatable bonds is 3. The van der Waals surface area contributed by atoms with Gasteiger partial charge in [0.05, 0.1) is 4.90 Å². The highest BCUT2D eigenvalue weighted by Crippen LogP contribution is 2.16. The summed E-state index contributed by atoms with van der Waals surface area (Å²) in [6.07, 6.45) is 0. The van der Waals surface area contributed by atoms with E-state index < -0.39 is 10.0 Å². The number of hydrogen-bond acceptors (Lipinski definition) is 3. The quantitative estimate of drug-likeness (QED) is 0.882. The Kier molecular flexibility index (Phi) is 3.68. The molecule has 0 radical (unpaired) electrons. The normalized spacial score (nSPS) is 11.2. The Balaban J connectivity index is 2.30. The Bertz CT molecular complexity index is 654. The molecular weight excluding hydrogens is 316 g/mol. The zero-order chi connectivity index (χ0) is 13.2. The molecule has 0 bridgehead atoms. The molecule has 94 valence electrons. The van der Waals surface area contributed by atoms with E-state index in [9.17, 15) is 8.42 Å². The van der Waals surface area contributed by atoms with Crippen LogP contribution >= 0.6 is 15.9 Å². The number of aromatic nitrogens is 1. The summed E-state index contributed by atoms with van der Waals surface area (Å²) in [6.45, 7) is 1.90. The number of nitrogens with zero attached hydrogens (tertiary/aromatic N) is 1. The molecule has 6 heteroatoms. The third kappa shape index (κ3) is 3.08. The molecule has 18 heavy (non-hydrogen) atoms. The number of nitrogens with one attached hydrogen (secondary N) is 1. The monoisotopic (exact) mass is 326 g/mol. The van der Waals surface area contributed by atoms with Crippen LogP contribution in [-0.4, -0.2) is 13.4 Å². The van der Waals surface area contributed by atoms with Crippen LogP contribution in [0.5, 0.6) is 0 Å². The summed E-state index contributed by atoms with van der Waals surface area (Å²) in [5, 5.41) is 0. The zero-order valence-electron chi connectivity index (χ0n) is 9.59. The highest BCUT2D eigenvalue weighted by molar-refractivity contribution is 9.10. The van der Waals surface area contributed by atoms with Gasteiger partial charge in [0.15, 0.2) is 0 Å². The van der Waals surface area contributed by atoms with Crippen molar-refractivity contribution >= 4 is 31.8 Å². The van der Waals surface area contributed by atoms with Gasteiger partial charge in [-0.15, -0.1) is 0 Å². The van der Waals surface area contributed by atoms with Crippen LogP contribution in [0.25, 0.3) is 0 Å². The topological polar surface area (TPSA) is 59.1 Å². The van der Waals surface area contributed by atoms with Crippen molar-refractivity contribution in [1.29, 1.82) is 0 Å². The molecular formula is C12H11BrN2O2S. The predicted molar refractivity (Wildman–Crippen MR) is 73.9 cm³/mol. The zero-order valence-corrected chi connectivity index (χ0v) is 12.0. The Morgan fingerprint density at radius 3 is 2.39 bits per heavy atom. The number of benzene rings is 1. The standard InChI is InChI=1S/C12H11BrN2O2S/c1-9-5-7-10(8-6-9)18(16,17)15-12-4-2-3-11(13)14-12/h2-8H,1H3,(H,14,15). The van der Waals surface area contributed by atoms with E-state index in [0.717, 1.165) is 5.56 Å². The molecule has 0 aliphatic rings. The van der Waals surface area contributed by atoms with Gasteiger partial charge in [-0.1, -0.05) is 23.8 Å². The highest BCUT2D eigenvalue weighted by atomic mass is 79.9. The lowest BCUT2D eigenvalue weighted by atomic mass is 10.2. The second kappa shape index (κ2) is 5.07. The molecule has 0 unspecified atom stereocenters. The molecule has 0 saturated heterocycles. The van der Waals surface area contributed by atoms with Gasteiger partial charge in [-0.25, -0.2) is 13.4 Å². The largest absolute Gasteiger partial charge is 0.263 e. The maximum atomic E-state index is 12.1. The van der Waals surface area contributed by atoms with Crippen LogP contribution in [0.15, 0.2) is 52.0 Å². The molecule has 4 nitrogen and oxygen atoms in total. The van der Waals surface area contributed by atoms with Crippen LogP contribution in [0, 0.1) is 6.92 Å². The van der Waals surface area contributed by atoms with Crippen LogP contribution in [0.1, 0.15) is 5.56 Å². The van der Waals surface area contributed by atoms with Crippen molar-refractivity contribution in [2.24, 2.45) is 0 Å². The first-order valence-electron chi connectivity index (χ1n) is 5.19. The summed E-state index contributed by atoms with van der Waals surface area (Å²) >= 11 is 3.19. The van der Waals surface area contributed by atoms with E-state index in [2.05, 4.69) is 25.6 Å².